The van der Waals surface area contributed by atoms with Gasteiger partial charge in [0, 0.05) is 23.8 Å². The molecule has 0 heterocycles. The van der Waals surface area contributed by atoms with Crippen LogP contribution >= 0.6 is 11.6 Å². The molecule has 0 aliphatic heterocycles. The molecular formula is C6H17Cl2N8Na. The third-order valence-electron chi connectivity index (χ3n) is 0.909. The van der Waals surface area contributed by atoms with Crippen LogP contribution in [-0.4, -0.2) is 25.5 Å². The van der Waals surface area contributed by atoms with Crippen molar-refractivity contribution in [3.05, 3.63) is 26.4 Å². The third-order valence-corrected chi connectivity index (χ3v) is 1.18. The molecule has 0 aromatic heterocycles. The molecule has 8 nitrogen and oxygen atoms in total. The number of halogens is 2. The summed E-state index contributed by atoms with van der Waals surface area (Å²) in [5, 5.41) is 3.26. The molecule has 96 valence electrons. The van der Waals surface area contributed by atoms with Crippen LogP contribution in [-0.2, 0) is 0 Å². The van der Waals surface area contributed by atoms with Crippen LogP contribution < -0.4 is 53.4 Å². The van der Waals surface area contributed by atoms with E-state index >= 15 is 0 Å². The van der Waals surface area contributed by atoms with Crippen LogP contribution in [0, 0.1) is 0 Å². The summed E-state index contributed by atoms with van der Waals surface area (Å²) in [6.45, 7) is 2.08. The molecule has 17 heavy (non-hydrogen) atoms. The first-order chi connectivity index (χ1) is 7.24. The Morgan fingerprint density at radius 1 is 1.24 bits per heavy atom. The fraction of sp³-hybridized carbons (Fsp3) is 1.00. The van der Waals surface area contributed by atoms with Crippen LogP contribution in [0.2, 0.25) is 0 Å². The Kier molecular flexibility index (Phi) is 78.9. The second kappa shape index (κ2) is 44.3. The molecule has 5 N–H and O–H groups in total. The molecule has 0 atom stereocenters. The largest absolute Gasteiger partial charge is 1.00 e. The van der Waals surface area contributed by atoms with Gasteiger partial charge in [-0.25, -0.2) is 0 Å². The van der Waals surface area contributed by atoms with E-state index in [4.69, 9.17) is 33.9 Å². The molecule has 0 spiro atoms. The van der Waals surface area contributed by atoms with E-state index in [2.05, 4.69) is 15.8 Å². The molecule has 0 rings (SSSR count). The second-order valence-electron chi connectivity index (χ2n) is 2.08. The van der Waals surface area contributed by atoms with Crippen molar-refractivity contribution in [2.24, 2.45) is 10.8 Å². The number of hydrogen-bond acceptors (Lipinski definition) is 2. The predicted molar refractivity (Wildman–Crippen MR) is 60.9 cm³/mol. The number of hydrogen-bond donors (Lipinski definition) is 2. The van der Waals surface area contributed by atoms with Gasteiger partial charge >= 0.3 is 29.6 Å². The van der Waals surface area contributed by atoms with E-state index in [0.29, 0.717) is 13.1 Å². The molecule has 0 unspecified atom stereocenters. The van der Waals surface area contributed by atoms with Gasteiger partial charge in [0.25, 0.3) is 0 Å². The summed E-state index contributed by atoms with van der Waals surface area (Å²) in [7, 11) is 0. The van der Waals surface area contributed by atoms with Crippen LogP contribution in [0.25, 0.3) is 26.4 Å². The fourth-order valence-electron chi connectivity index (χ4n) is 0.301. The Morgan fingerprint density at radius 3 is 1.88 bits per heavy atom. The maximum atomic E-state index is 7.71. The Bertz CT molecular complexity index is 179. The van der Waals surface area contributed by atoms with Gasteiger partial charge in [-0.3, -0.25) is 4.91 Å². The zero-order chi connectivity index (χ0) is 12.4. The predicted octanol–water partition coefficient (Wildman–Crippen LogP) is -4.62. The van der Waals surface area contributed by atoms with E-state index < -0.39 is 0 Å². The summed E-state index contributed by atoms with van der Waals surface area (Å²) in [5.74, 6) is 0.753. The minimum Gasteiger partial charge on any atom is -1.00 e. The van der Waals surface area contributed by atoms with Crippen LogP contribution in [0.4, 0.5) is 0 Å². The molecule has 0 amide bonds. The van der Waals surface area contributed by atoms with Gasteiger partial charge in [-0.05, 0) is 18.5 Å². The van der Waals surface area contributed by atoms with E-state index in [1.165, 1.54) is 4.91 Å². The number of azide groups is 1. The summed E-state index contributed by atoms with van der Waals surface area (Å²) in [6.07, 6.45) is 1.83. The Morgan fingerprint density at radius 2 is 1.71 bits per heavy atom. The Balaban J connectivity index is -0.0000000430. The van der Waals surface area contributed by atoms with Crippen molar-refractivity contribution < 1.29 is 47.7 Å². The van der Waals surface area contributed by atoms with E-state index in [1.807, 2.05) is 0 Å². The van der Waals surface area contributed by atoms with Crippen molar-refractivity contribution in [3.63, 3.8) is 0 Å². The van der Waals surface area contributed by atoms with Crippen molar-refractivity contribution in [1.82, 2.24) is 0 Å². The molecule has 0 aromatic rings. The third kappa shape index (κ3) is 85.8. The Hall–Kier alpha value is 0.120. The van der Waals surface area contributed by atoms with Crippen LogP contribution in [0.5, 0.6) is 0 Å². The average molecular weight is 295 g/mol. The van der Waals surface area contributed by atoms with Gasteiger partial charge in [0.1, 0.15) is 0 Å². The molecular weight excluding hydrogens is 278 g/mol. The zero-order valence-corrected chi connectivity index (χ0v) is 13.5. The standard InChI is InChI=1S/C3H8ClN.C3H8N4.ClH.N3.Na/c4-2-1-3-5;4-2-1-3-6-7-5;;1-3-2;/h1-3,5H2;1-4H2;1H;;/q;;;-1;+1. The first-order valence-corrected chi connectivity index (χ1v) is 4.83. The van der Waals surface area contributed by atoms with Crippen LogP contribution in [0.15, 0.2) is 5.11 Å². The van der Waals surface area contributed by atoms with Gasteiger partial charge in [0.15, 0.2) is 0 Å². The first kappa shape index (κ1) is 30.3. The number of rotatable bonds is 5. The molecule has 0 saturated carbocycles. The molecule has 0 saturated heterocycles. The average Bonchev–Trinajstić information content (AvgIpc) is 2.22. The van der Waals surface area contributed by atoms with Gasteiger partial charge < -0.3 is 34.9 Å². The summed E-state index contributed by atoms with van der Waals surface area (Å²) >= 11 is 5.26. The zero-order valence-electron chi connectivity index (χ0n) is 9.97. The fourth-order valence-corrected chi connectivity index (χ4v) is 0.490. The summed E-state index contributed by atoms with van der Waals surface area (Å²) < 4.78 is 0. The van der Waals surface area contributed by atoms with Crippen molar-refractivity contribution >= 4 is 11.6 Å². The van der Waals surface area contributed by atoms with Gasteiger partial charge in [0.2, 0.25) is 0 Å². The monoisotopic (exact) mass is 294 g/mol. The van der Waals surface area contributed by atoms with Crippen molar-refractivity contribution in [2.75, 3.05) is 25.5 Å². The van der Waals surface area contributed by atoms with E-state index in [1.54, 1.807) is 0 Å². The number of nitrogens with two attached hydrogens (primary N) is 1. The number of nitrogens with zero attached hydrogens (tertiary/aromatic N) is 6. The van der Waals surface area contributed by atoms with Crippen molar-refractivity contribution in [1.29, 1.82) is 0 Å². The van der Waals surface area contributed by atoms with E-state index in [9.17, 15) is 0 Å². The summed E-state index contributed by atoms with van der Waals surface area (Å²) in [6, 6.07) is 0. The molecule has 0 fully saturated rings. The van der Waals surface area contributed by atoms with Gasteiger partial charge in [0.05, 0.1) is 6.54 Å². The first-order valence-electron chi connectivity index (χ1n) is 4.29. The number of alkyl halides is 1. The minimum atomic E-state index is 0. The molecule has 0 aliphatic carbocycles. The van der Waals surface area contributed by atoms with Crippen LogP contribution in [0.1, 0.15) is 12.8 Å². The van der Waals surface area contributed by atoms with E-state index in [-0.39, 0.29) is 42.0 Å². The maximum absolute atomic E-state index is 7.71. The molecule has 11 heteroatoms. The molecule has 0 radical (unpaired) electrons. The van der Waals surface area contributed by atoms with Crippen molar-refractivity contribution in [3.8, 4) is 0 Å². The Labute approximate surface area is 134 Å². The van der Waals surface area contributed by atoms with Crippen molar-refractivity contribution in [2.45, 2.75) is 12.8 Å². The molecule has 0 aromatic carbocycles. The number of quaternary nitrogens is 1. The molecule has 0 bridgehead atoms. The maximum Gasteiger partial charge on any atom is 1.00 e. The minimum absolute atomic E-state index is 0. The summed E-state index contributed by atoms with van der Waals surface area (Å²) in [5.41, 5.74) is 29.9. The normalized spacial score (nSPS) is 6.06. The van der Waals surface area contributed by atoms with Crippen LogP contribution in [0.3, 0.4) is 0 Å². The van der Waals surface area contributed by atoms with Gasteiger partial charge in [-0.15, -0.1) is 11.6 Å². The van der Waals surface area contributed by atoms with Gasteiger partial charge in [-0.2, -0.15) is 0 Å². The van der Waals surface area contributed by atoms with Gasteiger partial charge in [-0.1, -0.05) is 5.11 Å². The molecule has 0 aliphatic rings. The summed E-state index contributed by atoms with van der Waals surface area (Å²) in [4.78, 5) is 4.04. The SMILES string of the molecule is [Cl-].[N-]=[N+]=NCCCN.[N-]=[N+]=[N-].[NH3+]CCCCl.[Na+]. The quantitative estimate of drug-likeness (QED) is 0.128. The smallest absolute Gasteiger partial charge is 1.00 e. The second-order valence-corrected chi connectivity index (χ2v) is 2.46. The van der Waals surface area contributed by atoms with E-state index in [0.717, 1.165) is 25.3 Å². The topological polar surface area (TPSA) is 161 Å².